The van der Waals surface area contributed by atoms with Crippen LogP contribution in [0.2, 0.25) is 0 Å². The number of aliphatic carboxylic acids is 1. The van der Waals surface area contributed by atoms with Gasteiger partial charge >= 0.3 is 43.7 Å². The average molecular weight is 189 g/mol. The molecule has 0 aliphatic heterocycles. The van der Waals surface area contributed by atoms with E-state index < -0.39 is 5.97 Å². The van der Waals surface area contributed by atoms with Crippen molar-refractivity contribution in [2.45, 2.75) is 27.2 Å². The first-order valence-electron chi connectivity index (χ1n) is 3.61. The van der Waals surface area contributed by atoms with Gasteiger partial charge in [-0.3, -0.25) is 4.79 Å². The summed E-state index contributed by atoms with van der Waals surface area (Å²) in [5.41, 5.74) is 0. The zero-order valence-electron chi connectivity index (χ0n) is 6.98. The van der Waals surface area contributed by atoms with Crippen LogP contribution in [0.25, 0.3) is 0 Å². The second-order valence-electron chi connectivity index (χ2n) is 1.70. The van der Waals surface area contributed by atoms with Crippen molar-refractivity contribution in [2.75, 3.05) is 13.1 Å². The summed E-state index contributed by atoms with van der Waals surface area (Å²) in [6.07, 6.45) is 0.222. The molecule has 0 saturated heterocycles. The van der Waals surface area contributed by atoms with Gasteiger partial charge < -0.3 is 10.4 Å². The second kappa shape index (κ2) is 17.0. The van der Waals surface area contributed by atoms with Crippen molar-refractivity contribution in [3.63, 3.8) is 0 Å². The fourth-order valence-corrected chi connectivity index (χ4v) is 0.250. The molecule has 11 heavy (non-hydrogen) atoms. The first-order valence-corrected chi connectivity index (χ1v) is 3.61. The molecule has 0 atom stereocenters. The fourth-order valence-electron chi connectivity index (χ4n) is 0.250. The molecule has 0 aromatic heterocycles. The van der Waals surface area contributed by atoms with E-state index in [0.29, 0.717) is 0 Å². The number of carboxylic acids is 1. The molecule has 0 aliphatic rings. The van der Waals surface area contributed by atoms with E-state index in [-0.39, 0.29) is 44.2 Å². The summed E-state index contributed by atoms with van der Waals surface area (Å²) in [6, 6.07) is 0. The third-order valence-electron chi connectivity index (χ3n) is 0.802. The molecule has 3 nitrogen and oxygen atoms in total. The van der Waals surface area contributed by atoms with Gasteiger partial charge in [-0.1, -0.05) is 20.8 Å². The van der Waals surface area contributed by atoms with Crippen molar-refractivity contribution in [3.05, 3.63) is 0 Å². The number of nitrogens with one attached hydrogen (secondary N) is 1. The van der Waals surface area contributed by atoms with Crippen molar-refractivity contribution in [3.8, 4) is 0 Å². The maximum absolute atomic E-state index is 9.37. The third kappa shape index (κ3) is 36.7. The molecule has 0 bridgehead atoms. The second-order valence-corrected chi connectivity index (χ2v) is 1.70. The van der Waals surface area contributed by atoms with Crippen LogP contribution in [0.1, 0.15) is 27.2 Å². The first kappa shape index (κ1) is 17.7. The van der Waals surface area contributed by atoms with E-state index in [0.717, 1.165) is 13.1 Å². The van der Waals surface area contributed by atoms with Gasteiger partial charge in [0.25, 0.3) is 0 Å². The molecule has 4 heteroatoms. The topological polar surface area (TPSA) is 49.3 Å². The van der Waals surface area contributed by atoms with Crippen molar-refractivity contribution in [1.29, 1.82) is 0 Å². The monoisotopic (exact) mass is 189 g/mol. The number of rotatable bonds is 3. The Labute approximate surface area is 98.6 Å². The van der Waals surface area contributed by atoms with E-state index in [4.69, 9.17) is 5.11 Å². The molecule has 66 valence electrons. The van der Waals surface area contributed by atoms with Crippen molar-refractivity contribution >= 4 is 43.7 Å². The van der Waals surface area contributed by atoms with Crippen molar-refractivity contribution < 1.29 is 9.90 Å². The van der Waals surface area contributed by atoms with Gasteiger partial charge in [-0.05, 0) is 13.1 Å². The van der Waals surface area contributed by atoms with E-state index in [9.17, 15) is 4.79 Å². The van der Waals surface area contributed by atoms with Crippen LogP contribution in [0.5, 0.6) is 0 Å². The Hall–Kier alpha value is 0.690. The number of carboxylic acid groups (broad SMARTS) is 1. The van der Waals surface area contributed by atoms with E-state index in [1.54, 1.807) is 6.92 Å². The molecule has 0 saturated carbocycles. The van der Waals surface area contributed by atoms with Crippen LogP contribution in [0.4, 0.5) is 0 Å². The Bertz CT molecular complexity index is 76.8. The van der Waals surface area contributed by atoms with Gasteiger partial charge in [0.2, 0.25) is 0 Å². The summed E-state index contributed by atoms with van der Waals surface area (Å²) in [5, 5.41) is 10.8. The van der Waals surface area contributed by atoms with Gasteiger partial charge in [0.1, 0.15) is 0 Å². The Morgan fingerprint density at radius 1 is 1.27 bits per heavy atom. The molecular formula is C7H19CaNO2. The van der Waals surface area contributed by atoms with Crippen LogP contribution < -0.4 is 5.32 Å². The molecule has 0 unspecified atom stereocenters. The van der Waals surface area contributed by atoms with Gasteiger partial charge in [0, 0.05) is 6.42 Å². The van der Waals surface area contributed by atoms with Crippen LogP contribution in [-0.2, 0) is 4.79 Å². The first-order chi connectivity index (χ1) is 4.68. The zero-order valence-corrected chi connectivity index (χ0v) is 6.98. The van der Waals surface area contributed by atoms with E-state index in [1.807, 2.05) is 0 Å². The number of hydrogen-bond acceptors (Lipinski definition) is 2. The molecule has 0 aliphatic carbocycles. The molecular weight excluding hydrogens is 170 g/mol. The van der Waals surface area contributed by atoms with Gasteiger partial charge in [0.05, 0.1) is 0 Å². The normalized spacial score (nSPS) is 7.18. The molecule has 0 spiro atoms. The molecule has 0 aromatic carbocycles. The summed E-state index contributed by atoms with van der Waals surface area (Å²) >= 11 is 0. The quantitative estimate of drug-likeness (QED) is 0.623. The SMILES string of the molecule is CCC(=O)O.CCNCC.[CaH2]. The van der Waals surface area contributed by atoms with Crippen LogP contribution in [0.15, 0.2) is 0 Å². The van der Waals surface area contributed by atoms with E-state index >= 15 is 0 Å². The molecule has 0 amide bonds. The fraction of sp³-hybridized carbons (Fsp3) is 0.857. The standard InChI is InChI=1S/C4H11N.C3H6O2.Ca.2H/c1-3-5-4-2;1-2-3(4)5;;;/h5H,3-4H2,1-2H3;2H2,1H3,(H,4,5);;;. The molecule has 2 N–H and O–H groups in total. The Balaban J connectivity index is -0.000000107. The number of carbonyl (C=O) groups is 1. The molecule has 0 rings (SSSR count). The Kier molecular flexibility index (Phi) is 27.3. The van der Waals surface area contributed by atoms with E-state index in [1.165, 1.54) is 0 Å². The van der Waals surface area contributed by atoms with Gasteiger partial charge in [-0.15, -0.1) is 0 Å². The molecule has 0 fully saturated rings. The molecule has 0 aromatic rings. The van der Waals surface area contributed by atoms with Crippen LogP contribution in [-0.4, -0.2) is 61.9 Å². The van der Waals surface area contributed by atoms with Gasteiger partial charge in [-0.25, -0.2) is 0 Å². The number of hydrogen-bond donors (Lipinski definition) is 2. The summed E-state index contributed by atoms with van der Waals surface area (Å²) in [5.74, 6) is -0.745. The molecule has 0 radical (unpaired) electrons. The summed E-state index contributed by atoms with van der Waals surface area (Å²) in [4.78, 5) is 9.37. The minimum absolute atomic E-state index is 0. The summed E-state index contributed by atoms with van der Waals surface area (Å²) in [6.45, 7) is 7.99. The predicted octanol–water partition coefficient (Wildman–Crippen LogP) is 0.181. The summed E-state index contributed by atoms with van der Waals surface area (Å²) in [7, 11) is 0. The van der Waals surface area contributed by atoms with Crippen LogP contribution in [0.3, 0.4) is 0 Å². The van der Waals surface area contributed by atoms with Gasteiger partial charge in [-0.2, -0.15) is 0 Å². The zero-order chi connectivity index (χ0) is 8.41. The third-order valence-corrected chi connectivity index (χ3v) is 0.802. The molecule has 0 heterocycles. The van der Waals surface area contributed by atoms with Crippen molar-refractivity contribution in [1.82, 2.24) is 5.32 Å². The predicted molar refractivity (Wildman–Crippen MR) is 50.7 cm³/mol. The van der Waals surface area contributed by atoms with Crippen LogP contribution >= 0.6 is 0 Å². The maximum atomic E-state index is 9.37. The van der Waals surface area contributed by atoms with Crippen molar-refractivity contribution in [2.24, 2.45) is 0 Å². The Morgan fingerprint density at radius 2 is 1.55 bits per heavy atom. The Morgan fingerprint density at radius 3 is 1.55 bits per heavy atom. The van der Waals surface area contributed by atoms with Gasteiger partial charge in [0.15, 0.2) is 0 Å². The van der Waals surface area contributed by atoms with E-state index in [2.05, 4.69) is 19.2 Å². The average Bonchev–Trinajstić information content (AvgIpc) is 1.91. The van der Waals surface area contributed by atoms with Crippen LogP contribution in [0, 0.1) is 0 Å². The summed E-state index contributed by atoms with van der Waals surface area (Å²) < 4.78 is 0. The minimum atomic E-state index is -0.745.